The highest BCUT2D eigenvalue weighted by molar-refractivity contribution is 6.31. The van der Waals surface area contributed by atoms with E-state index in [1.54, 1.807) is 0 Å². The van der Waals surface area contributed by atoms with Crippen LogP contribution in [0.4, 0.5) is 0 Å². The van der Waals surface area contributed by atoms with Crippen molar-refractivity contribution in [3.8, 4) is 0 Å². The zero-order valence-electron chi connectivity index (χ0n) is 8.90. The summed E-state index contributed by atoms with van der Waals surface area (Å²) in [7, 11) is 0. The minimum Gasteiger partial charge on any atom is -0.126 e. The van der Waals surface area contributed by atoms with E-state index in [1.165, 1.54) is 11.1 Å². The molecular weight excluding hydrogens is 215 g/mol. The molecule has 0 atom stereocenters. The molecule has 1 rings (SSSR count). The number of hydrogen-bond acceptors (Lipinski definition) is 0. The van der Waals surface area contributed by atoms with E-state index in [-0.39, 0.29) is 5.41 Å². The maximum absolute atomic E-state index is 6.15. The fourth-order valence-corrected chi connectivity index (χ4v) is 1.75. The summed E-state index contributed by atoms with van der Waals surface area (Å²) in [4.78, 5) is 0. The Bertz CT molecular complexity index is 316. The quantitative estimate of drug-likeness (QED) is 0.674. The molecule has 0 heterocycles. The van der Waals surface area contributed by atoms with Crippen LogP contribution in [-0.2, 0) is 6.42 Å². The lowest BCUT2D eigenvalue weighted by Crippen LogP contribution is -2.16. The summed E-state index contributed by atoms with van der Waals surface area (Å²) in [6.07, 6.45) is 0.926. The summed E-state index contributed by atoms with van der Waals surface area (Å²) >= 11 is 12.0. The predicted molar refractivity (Wildman–Crippen MR) is 64.4 cm³/mol. The topological polar surface area (TPSA) is 0 Å². The van der Waals surface area contributed by atoms with Crippen LogP contribution >= 0.6 is 23.2 Å². The van der Waals surface area contributed by atoms with E-state index in [9.17, 15) is 0 Å². The first-order valence-corrected chi connectivity index (χ1v) is 5.67. The number of benzene rings is 1. The Kier molecular flexibility index (Phi) is 3.86. The first-order chi connectivity index (χ1) is 6.44. The van der Waals surface area contributed by atoms with Crippen molar-refractivity contribution in [2.45, 2.75) is 27.2 Å². The maximum Gasteiger partial charge on any atom is 0.0440 e. The Morgan fingerprint density at radius 3 is 2.43 bits per heavy atom. The van der Waals surface area contributed by atoms with Crippen molar-refractivity contribution in [1.82, 2.24) is 0 Å². The Hall–Kier alpha value is -0.200. The van der Waals surface area contributed by atoms with Gasteiger partial charge in [-0.2, -0.15) is 0 Å². The van der Waals surface area contributed by atoms with Crippen molar-refractivity contribution >= 4 is 23.2 Å². The third kappa shape index (κ3) is 3.18. The molecule has 14 heavy (non-hydrogen) atoms. The molecule has 1 aromatic rings. The molecule has 1 aromatic carbocycles. The number of hydrogen-bond donors (Lipinski definition) is 0. The van der Waals surface area contributed by atoms with Crippen molar-refractivity contribution in [2.75, 3.05) is 5.88 Å². The van der Waals surface area contributed by atoms with Crippen molar-refractivity contribution in [3.05, 3.63) is 34.3 Å². The number of halogens is 2. The molecule has 0 saturated heterocycles. The van der Waals surface area contributed by atoms with Crippen molar-refractivity contribution in [3.63, 3.8) is 0 Å². The van der Waals surface area contributed by atoms with Gasteiger partial charge in [-0.25, -0.2) is 0 Å². The van der Waals surface area contributed by atoms with E-state index in [0.717, 1.165) is 11.4 Å². The van der Waals surface area contributed by atoms with Gasteiger partial charge in [0.05, 0.1) is 0 Å². The Balaban J connectivity index is 2.87. The van der Waals surface area contributed by atoms with E-state index in [4.69, 9.17) is 23.2 Å². The van der Waals surface area contributed by atoms with Gasteiger partial charge in [0.15, 0.2) is 0 Å². The molecule has 0 saturated carbocycles. The smallest absolute Gasteiger partial charge is 0.0440 e. The van der Waals surface area contributed by atoms with E-state index in [0.29, 0.717) is 5.88 Å². The molecule has 0 aliphatic heterocycles. The van der Waals surface area contributed by atoms with E-state index < -0.39 is 0 Å². The first-order valence-electron chi connectivity index (χ1n) is 4.75. The van der Waals surface area contributed by atoms with Gasteiger partial charge in [0.25, 0.3) is 0 Å². The van der Waals surface area contributed by atoms with Crippen LogP contribution in [0.1, 0.15) is 25.0 Å². The highest BCUT2D eigenvalue weighted by atomic mass is 35.5. The predicted octanol–water partition coefficient (Wildman–Crippen LogP) is 4.46. The molecule has 0 spiro atoms. The van der Waals surface area contributed by atoms with E-state index in [2.05, 4.69) is 26.0 Å². The second-order valence-corrected chi connectivity index (χ2v) is 5.24. The van der Waals surface area contributed by atoms with Crippen LogP contribution in [0.25, 0.3) is 0 Å². The maximum atomic E-state index is 6.15. The van der Waals surface area contributed by atoms with Crippen LogP contribution in [0.2, 0.25) is 5.02 Å². The molecule has 0 fully saturated rings. The lowest BCUT2D eigenvalue weighted by atomic mass is 9.87. The molecular formula is C12H16Cl2. The van der Waals surface area contributed by atoms with Crippen LogP contribution in [0.3, 0.4) is 0 Å². The monoisotopic (exact) mass is 230 g/mol. The van der Waals surface area contributed by atoms with Gasteiger partial charge in [-0.3, -0.25) is 0 Å². The molecule has 0 nitrogen and oxygen atoms in total. The fourth-order valence-electron chi connectivity index (χ4n) is 1.36. The molecule has 2 heteroatoms. The second kappa shape index (κ2) is 4.55. The van der Waals surface area contributed by atoms with Crippen LogP contribution in [0.5, 0.6) is 0 Å². The first kappa shape index (κ1) is 11.9. The summed E-state index contributed by atoms with van der Waals surface area (Å²) in [5, 5.41) is 0.850. The molecule has 0 unspecified atom stereocenters. The van der Waals surface area contributed by atoms with Crippen molar-refractivity contribution in [1.29, 1.82) is 0 Å². The minimum atomic E-state index is 0.112. The Labute approximate surface area is 96.2 Å². The lowest BCUT2D eigenvalue weighted by molar-refractivity contribution is 0.418. The highest BCUT2D eigenvalue weighted by Crippen LogP contribution is 2.27. The van der Waals surface area contributed by atoms with Crippen molar-refractivity contribution < 1.29 is 0 Å². The molecule has 78 valence electrons. The van der Waals surface area contributed by atoms with Crippen molar-refractivity contribution in [2.24, 2.45) is 5.41 Å². The van der Waals surface area contributed by atoms with Gasteiger partial charge in [0, 0.05) is 10.9 Å². The summed E-state index contributed by atoms with van der Waals surface area (Å²) in [5.41, 5.74) is 2.49. The van der Waals surface area contributed by atoms with E-state index >= 15 is 0 Å². The Morgan fingerprint density at radius 1 is 1.29 bits per heavy atom. The summed E-state index contributed by atoms with van der Waals surface area (Å²) in [6.45, 7) is 6.34. The van der Waals surface area contributed by atoms with Crippen LogP contribution in [-0.4, -0.2) is 5.88 Å². The average Bonchev–Trinajstić information content (AvgIpc) is 2.10. The molecule has 0 amide bonds. The fraction of sp³-hybridized carbons (Fsp3) is 0.500. The van der Waals surface area contributed by atoms with Gasteiger partial charge in [0.2, 0.25) is 0 Å². The molecule has 0 aromatic heterocycles. The SMILES string of the molecule is Cc1ccc(CC(C)(C)CCl)c(Cl)c1. The molecule has 0 radical (unpaired) electrons. The Morgan fingerprint density at radius 2 is 1.93 bits per heavy atom. The number of rotatable bonds is 3. The minimum absolute atomic E-state index is 0.112. The van der Waals surface area contributed by atoms with Gasteiger partial charge in [-0.15, -0.1) is 11.6 Å². The van der Waals surface area contributed by atoms with Crippen LogP contribution in [0, 0.1) is 12.3 Å². The number of aryl methyl sites for hydroxylation is 1. The van der Waals surface area contributed by atoms with Gasteiger partial charge in [-0.1, -0.05) is 37.6 Å². The number of alkyl halides is 1. The van der Waals surface area contributed by atoms with Gasteiger partial charge in [0.1, 0.15) is 0 Å². The van der Waals surface area contributed by atoms with Gasteiger partial charge >= 0.3 is 0 Å². The molecule has 0 aliphatic carbocycles. The summed E-state index contributed by atoms with van der Waals surface area (Å²) in [5.74, 6) is 0.650. The molecule has 0 bridgehead atoms. The standard InChI is InChI=1S/C12H16Cl2/c1-9-4-5-10(11(14)6-9)7-12(2,3)8-13/h4-6H,7-8H2,1-3H3. The third-order valence-electron chi connectivity index (χ3n) is 2.24. The highest BCUT2D eigenvalue weighted by Gasteiger charge is 2.18. The average molecular weight is 231 g/mol. The van der Waals surface area contributed by atoms with Gasteiger partial charge in [-0.05, 0) is 36.0 Å². The van der Waals surface area contributed by atoms with E-state index in [1.807, 2.05) is 13.0 Å². The molecule has 0 N–H and O–H groups in total. The summed E-state index contributed by atoms with van der Waals surface area (Å²) in [6, 6.07) is 6.18. The van der Waals surface area contributed by atoms with Crippen LogP contribution < -0.4 is 0 Å². The van der Waals surface area contributed by atoms with Gasteiger partial charge < -0.3 is 0 Å². The normalized spacial score (nSPS) is 11.8. The summed E-state index contributed by atoms with van der Waals surface area (Å²) < 4.78 is 0. The molecule has 0 aliphatic rings. The second-order valence-electron chi connectivity index (χ2n) is 4.57. The zero-order chi connectivity index (χ0) is 10.8. The lowest BCUT2D eigenvalue weighted by Gasteiger charge is -2.22. The largest absolute Gasteiger partial charge is 0.126 e. The third-order valence-corrected chi connectivity index (χ3v) is 3.31. The van der Waals surface area contributed by atoms with Crippen LogP contribution in [0.15, 0.2) is 18.2 Å². The zero-order valence-corrected chi connectivity index (χ0v) is 10.4.